The SMILES string of the molecule is O=C(OCCN1CCOCC1)c1cc(F)c(F)c(OC2(c3ccccc3)CCCC2)c1. The van der Waals surface area contributed by atoms with E-state index in [9.17, 15) is 13.6 Å². The number of hydrogen-bond donors (Lipinski definition) is 0. The molecule has 1 aliphatic carbocycles. The van der Waals surface area contributed by atoms with Gasteiger partial charge in [0, 0.05) is 19.6 Å². The summed E-state index contributed by atoms with van der Waals surface area (Å²) in [6.07, 6.45) is 3.27. The molecule has 0 atom stereocenters. The van der Waals surface area contributed by atoms with Gasteiger partial charge in [-0.15, -0.1) is 0 Å². The quantitative estimate of drug-likeness (QED) is 0.612. The van der Waals surface area contributed by atoms with Crippen molar-refractivity contribution in [2.24, 2.45) is 0 Å². The lowest BCUT2D eigenvalue weighted by Crippen LogP contribution is -2.38. The van der Waals surface area contributed by atoms with Crippen molar-refractivity contribution in [3.8, 4) is 5.75 Å². The van der Waals surface area contributed by atoms with Gasteiger partial charge in [0.25, 0.3) is 0 Å². The van der Waals surface area contributed by atoms with Crippen LogP contribution in [0.5, 0.6) is 5.75 Å². The van der Waals surface area contributed by atoms with Gasteiger partial charge < -0.3 is 14.2 Å². The number of benzene rings is 2. The number of hydrogen-bond acceptors (Lipinski definition) is 5. The minimum Gasteiger partial charge on any atom is -0.479 e. The van der Waals surface area contributed by atoms with Crippen LogP contribution in [-0.4, -0.2) is 50.3 Å². The lowest BCUT2D eigenvalue weighted by Gasteiger charge is -2.31. The van der Waals surface area contributed by atoms with Crippen LogP contribution in [0.1, 0.15) is 41.6 Å². The van der Waals surface area contributed by atoms with E-state index in [1.54, 1.807) is 0 Å². The van der Waals surface area contributed by atoms with Gasteiger partial charge in [0.1, 0.15) is 12.2 Å². The zero-order valence-electron chi connectivity index (χ0n) is 17.4. The zero-order chi connectivity index (χ0) is 21.7. The highest BCUT2D eigenvalue weighted by Gasteiger charge is 2.39. The summed E-state index contributed by atoms with van der Waals surface area (Å²) < 4.78 is 45.6. The Balaban J connectivity index is 1.49. The van der Waals surface area contributed by atoms with E-state index >= 15 is 0 Å². The van der Waals surface area contributed by atoms with Gasteiger partial charge >= 0.3 is 5.97 Å². The number of nitrogens with zero attached hydrogens (tertiary/aromatic N) is 1. The maximum Gasteiger partial charge on any atom is 0.338 e. The van der Waals surface area contributed by atoms with Crippen LogP contribution in [0, 0.1) is 11.6 Å². The van der Waals surface area contributed by atoms with E-state index in [4.69, 9.17) is 14.2 Å². The molecule has 1 saturated heterocycles. The lowest BCUT2D eigenvalue weighted by atomic mass is 9.92. The number of carbonyl (C=O) groups is 1. The first-order chi connectivity index (χ1) is 15.1. The molecule has 4 rings (SSSR count). The molecular formula is C24H27F2NO4. The Morgan fingerprint density at radius 2 is 1.77 bits per heavy atom. The van der Waals surface area contributed by atoms with E-state index in [1.807, 2.05) is 30.3 Å². The minimum atomic E-state index is -1.13. The van der Waals surface area contributed by atoms with Gasteiger partial charge in [-0.1, -0.05) is 30.3 Å². The summed E-state index contributed by atoms with van der Waals surface area (Å²) >= 11 is 0. The van der Waals surface area contributed by atoms with Crippen molar-refractivity contribution in [2.45, 2.75) is 31.3 Å². The molecule has 2 aromatic rings. The molecule has 166 valence electrons. The Kier molecular flexibility index (Phi) is 6.83. The van der Waals surface area contributed by atoms with E-state index in [2.05, 4.69) is 4.90 Å². The predicted octanol–water partition coefficient (Wildman–Crippen LogP) is 4.30. The monoisotopic (exact) mass is 431 g/mol. The molecule has 2 aromatic carbocycles. The fraction of sp³-hybridized carbons (Fsp3) is 0.458. The van der Waals surface area contributed by atoms with Crippen molar-refractivity contribution < 1.29 is 27.8 Å². The summed E-state index contributed by atoms with van der Waals surface area (Å²) in [5, 5.41) is 0. The molecule has 2 fully saturated rings. The summed E-state index contributed by atoms with van der Waals surface area (Å²) in [5.74, 6) is -3.17. The molecule has 2 aliphatic rings. The zero-order valence-corrected chi connectivity index (χ0v) is 17.4. The van der Waals surface area contributed by atoms with Crippen LogP contribution >= 0.6 is 0 Å². The van der Waals surface area contributed by atoms with E-state index in [0.29, 0.717) is 32.6 Å². The van der Waals surface area contributed by atoms with Gasteiger partial charge in [0.05, 0.1) is 18.8 Å². The van der Waals surface area contributed by atoms with E-state index in [-0.39, 0.29) is 17.9 Å². The third-order valence-electron chi connectivity index (χ3n) is 5.99. The van der Waals surface area contributed by atoms with E-state index in [0.717, 1.165) is 37.6 Å². The van der Waals surface area contributed by atoms with Crippen LogP contribution in [0.3, 0.4) is 0 Å². The van der Waals surface area contributed by atoms with Gasteiger partial charge in [-0.3, -0.25) is 4.90 Å². The first-order valence-electron chi connectivity index (χ1n) is 10.8. The first kappa shape index (κ1) is 21.7. The minimum absolute atomic E-state index is 0.0583. The summed E-state index contributed by atoms with van der Waals surface area (Å²) in [6.45, 7) is 3.60. The number of halogens is 2. The largest absolute Gasteiger partial charge is 0.479 e. The Hall–Kier alpha value is -2.51. The van der Waals surface area contributed by atoms with Crippen molar-refractivity contribution in [3.05, 3.63) is 65.2 Å². The number of esters is 1. The molecule has 1 heterocycles. The molecule has 1 saturated carbocycles. The van der Waals surface area contributed by atoms with Crippen molar-refractivity contribution in [2.75, 3.05) is 39.5 Å². The molecule has 31 heavy (non-hydrogen) atoms. The standard InChI is InChI=1S/C24H27F2NO4/c25-20-16-18(23(28)30-15-12-27-10-13-29-14-11-27)17-21(22(20)26)31-24(8-4-5-9-24)19-6-2-1-3-7-19/h1-3,6-7,16-17H,4-5,8-15H2. The molecule has 1 aliphatic heterocycles. The third-order valence-corrected chi connectivity index (χ3v) is 5.99. The van der Waals surface area contributed by atoms with E-state index < -0.39 is 23.2 Å². The topological polar surface area (TPSA) is 48.0 Å². The van der Waals surface area contributed by atoms with Gasteiger partial charge in [-0.25, -0.2) is 9.18 Å². The van der Waals surface area contributed by atoms with Crippen LogP contribution < -0.4 is 4.74 Å². The highest BCUT2D eigenvalue weighted by Crippen LogP contribution is 2.43. The molecule has 0 radical (unpaired) electrons. The van der Waals surface area contributed by atoms with Crippen molar-refractivity contribution in [3.63, 3.8) is 0 Å². The normalized spacial score (nSPS) is 18.6. The average molecular weight is 431 g/mol. The van der Waals surface area contributed by atoms with Gasteiger partial charge in [-0.2, -0.15) is 4.39 Å². The summed E-state index contributed by atoms with van der Waals surface area (Å²) in [6, 6.07) is 11.7. The number of rotatable bonds is 7. The Bertz CT molecular complexity index is 894. The molecule has 0 spiro atoms. The van der Waals surface area contributed by atoms with E-state index in [1.165, 1.54) is 6.07 Å². The van der Waals surface area contributed by atoms with Crippen LogP contribution in [0.2, 0.25) is 0 Å². The van der Waals surface area contributed by atoms with Gasteiger partial charge in [-0.05, 0) is 43.4 Å². The maximum atomic E-state index is 14.6. The van der Waals surface area contributed by atoms with Crippen LogP contribution in [0.4, 0.5) is 8.78 Å². The molecule has 0 aromatic heterocycles. The second-order valence-electron chi connectivity index (χ2n) is 8.03. The molecule has 5 nitrogen and oxygen atoms in total. The number of carbonyl (C=O) groups excluding carboxylic acids is 1. The maximum absolute atomic E-state index is 14.6. The molecule has 0 N–H and O–H groups in total. The fourth-order valence-electron chi connectivity index (χ4n) is 4.28. The molecule has 0 amide bonds. The van der Waals surface area contributed by atoms with Gasteiger partial charge in [0.2, 0.25) is 5.82 Å². The number of ether oxygens (including phenoxy) is 3. The predicted molar refractivity (Wildman–Crippen MR) is 111 cm³/mol. The van der Waals surface area contributed by atoms with Crippen molar-refractivity contribution in [1.29, 1.82) is 0 Å². The fourth-order valence-corrected chi connectivity index (χ4v) is 4.28. The number of morpholine rings is 1. The molecule has 7 heteroatoms. The Morgan fingerprint density at radius 1 is 1.06 bits per heavy atom. The third kappa shape index (κ3) is 5.05. The summed E-state index contributed by atoms with van der Waals surface area (Å²) in [4.78, 5) is 14.6. The van der Waals surface area contributed by atoms with Crippen LogP contribution in [0.25, 0.3) is 0 Å². The molecular weight excluding hydrogens is 404 g/mol. The summed E-state index contributed by atoms with van der Waals surface area (Å²) in [5.41, 5.74) is 0.135. The van der Waals surface area contributed by atoms with Crippen LogP contribution in [0.15, 0.2) is 42.5 Å². The summed E-state index contributed by atoms with van der Waals surface area (Å²) in [7, 11) is 0. The molecule has 0 unspecified atom stereocenters. The lowest BCUT2D eigenvalue weighted by molar-refractivity contribution is 0.0194. The van der Waals surface area contributed by atoms with Crippen molar-refractivity contribution >= 4 is 5.97 Å². The first-order valence-corrected chi connectivity index (χ1v) is 10.8. The highest BCUT2D eigenvalue weighted by molar-refractivity contribution is 5.90. The average Bonchev–Trinajstić information content (AvgIpc) is 3.28. The highest BCUT2D eigenvalue weighted by atomic mass is 19.2. The van der Waals surface area contributed by atoms with Crippen molar-refractivity contribution in [1.82, 2.24) is 4.90 Å². The van der Waals surface area contributed by atoms with Gasteiger partial charge in [0.15, 0.2) is 11.6 Å². The molecule has 0 bridgehead atoms. The second kappa shape index (κ2) is 9.75. The second-order valence-corrected chi connectivity index (χ2v) is 8.03. The Labute approximate surface area is 180 Å². The Morgan fingerprint density at radius 3 is 2.48 bits per heavy atom. The smallest absolute Gasteiger partial charge is 0.338 e. The van der Waals surface area contributed by atoms with Crippen LogP contribution in [-0.2, 0) is 15.1 Å².